The highest BCUT2D eigenvalue weighted by Gasteiger charge is 2.09. The molecule has 0 saturated carbocycles. The van der Waals surface area contributed by atoms with Crippen LogP contribution >= 0.6 is 15.9 Å². The number of Topliss-reactive ketones (excluding diaryl/α,β-unsaturated/α-hetero) is 1. The van der Waals surface area contributed by atoms with Crippen molar-refractivity contribution in [2.45, 2.75) is 13.3 Å². The predicted molar refractivity (Wildman–Crippen MR) is 55.3 cm³/mol. The normalized spacial score (nSPS) is 9.77. The van der Waals surface area contributed by atoms with Crippen molar-refractivity contribution in [2.75, 3.05) is 7.11 Å². The zero-order valence-electron chi connectivity index (χ0n) is 7.63. The van der Waals surface area contributed by atoms with E-state index in [4.69, 9.17) is 4.74 Å². The molecule has 1 rings (SSSR count). The third kappa shape index (κ3) is 2.31. The van der Waals surface area contributed by atoms with Gasteiger partial charge in [0.25, 0.3) is 0 Å². The molecule has 1 aromatic rings. The average Bonchev–Trinajstić information content (AvgIpc) is 2.16. The summed E-state index contributed by atoms with van der Waals surface area (Å²) >= 11 is 3.32. The number of hydrogen-bond acceptors (Lipinski definition) is 2. The number of halogens is 1. The van der Waals surface area contributed by atoms with Crippen LogP contribution in [0.1, 0.15) is 23.7 Å². The van der Waals surface area contributed by atoms with E-state index in [1.54, 1.807) is 19.2 Å². The highest BCUT2D eigenvalue weighted by Crippen LogP contribution is 2.23. The van der Waals surface area contributed by atoms with Crippen LogP contribution in [0.15, 0.2) is 22.7 Å². The van der Waals surface area contributed by atoms with Gasteiger partial charge in [-0.15, -0.1) is 0 Å². The van der Waals surface area contributed by atoms with Crippen LogP contribution in [0.2, 0.25) is 0 Å². The summed E-state index contributed by atoms with van der Waals surface area (Å²) in [5.74, 6) is 0.730. The quantitative estimate of drug-likeness (QED) is 0.762. The highest BCUT2D eigenvalue weighted by atomic mass is 79.9. The molecule has 0 spiro atoms. The molecule has 0 aliphatic heterocycles. The summed E-state index contributed by atoms with van der Waals surface area (Å²) in [6.45, 7) is 1.84. The molecule has 0 bridgehead atoms. The van der Waals surface area contributed by atoms with Gasteiger partial charge in [0.2, 0.25) is 0 Å². The lowest BCUT2D eigenvalue weighted by Gasteiger charge is -2.06. The van der Waals surface area contributed by atoms with Gasteiger partial charge in [-0.2, -0.15) is 0 Å². The van der Waals surface area contributed by atoms with Crippen molar-refractivity contribution < 1.29 is 9.53 Å². The molecule has 0 aliphatic carbocycles. The first-order valence-corrected chi connectivity index (χ1v) is 4.85. The first kappa shape index (κ1) is 10.3. The Hall–Kier alpha value is -0.830. The summed E-state index contributed by atoms with van der Waals surface area (Å²) in [4.78, 5) is 11.4. The fourth-order valence-electron chi connectivity index (χ4n) is 1.09. The lowest BCUT2D eigenvalue weighted by atomic mass is 10.1. The Morgan fingerprint density at radius 3 is 2.77 bits per heavy atom. The summed E-state index contributed by atoms with van der Waals surface area (Å²) in [7, 11) is 1.57. The van der Waals surface area contributed by atoms with Crippen molar-refractivity contribution in [3.8, 4) is 5.75 Å². The Labute approximate surface area is 86.0 Å². The standard InChI is InChI=1S/C10H11BrO2/c1-3-9(12)8-6-7(11)4-5-10(8)13-2/h4-6H,3H2,1-2H3. The first-order chi connectivity index (χ1) is 6.19. The number of benzene rings is 1. The minimum Gasteiger partial charge on any atom is -0.496 e. The van der Waals surface area contributed by atoms with Crippen molar-refractivity contribution in [3.63, 3.8) is 0 Å². The monoisotopic (exact) mass is 242 g/mol. The maximum Gasteiger partial charge on any atom is 0.166 e. The van der Waals surface area contributed by atoms with E-state index in [0.717, 1.165) is 4.47 Å². The minimum atomic E-state index is 0.0955. The number of ketones is 1. The van der Waals surface area contributed by atoms with Crippen LogP contribution < -0.4 is 4.74 Å². The number of carbonyl (C=O) groups excluding carboxylic acids is 1. The van der Waals surface area contributed by atoms with Crippen molar-refractivity contribution in [1.29, 1.82) is 0 Å². The van der Waals surface area contributed by atoms with Crippen LogP contribution in [0.5, 0.6) is 5.75 Å². The molecule has 1 aromatic carbocycles. The first-order valence-electron chi connectivity index (χ1n) is 4.05. The molecule has 0 radical (unpaired) electrons. The highest BCUT2D eigenvalue weighted by molar-refractivity contribution is 9.10. The topological polar surface area (TPSA) is 26.3 Å². The number of rotatable bonds is 3. The van der Waals surface area contributed by atoms with Gasteiger partial charge >= 0.3 is 0 Å². The van der Waals surface area contributed by atoms with E-state index in [9.17, 15) is 4.79 Å². The van der Waals surface area contributed by atoms with Crippen molar-refractivity contribution >= 4 is 21.7 Å². The van der Waals surface area contributed by atoms with Crippen molar-refractivity contribution in [2.24, 2.45) is 0 Å². The predicted octanol–water partition coefficient (Wildman–Crippen LogP) is 3.05. The molecule has 0 unspecified atom stereocenters. The Morgan fingerprint density at radius 2 is 2.23 bits per heavy atom. The molecule has 70 valence electrons. The average molecular weight is 243 g/mol. The van der Waals surface area contributed by atoms with E-state index in [-0.39, 0.29) is 5.78 Å². The smallest absolute Gasteiger partial charge is 0.166 e. The molecule has 2 nitrogen and oxygen atoms in total. The summed E-state index contributed by atoms with van der Waals surface area (Å²) in [6, 6.07) is 5.42. The Bertz CT molecular complexity index is 321. The van der Waals surface area contributed by atoms with Gasteiger partial charge in [-0.25, -0.2) is 0 Å². The second-order valence-electron chi connectivity index (χ2n) is 2.62. The maximum absolute atomic E-state index is 11.4. The zero-order valence-corrected chi connectivity index (χ0v) is 9.22. The SMILES string of the molecule is CCC(=O)c1cc(Br)ccc1OC. The summed E-state index contributed by atoms with van der Waals surface area (Å²) in [5, 5.41) is 0. The van der Waals surface area contributed by atoms with Gasteiger partial charge in [0.15, 0.2) is 5.78 Å². The van der Waals surface area contributed by atoms with Crippen molar-refractivity contribution in [3.05, 3.63) is 28.2 Å². The number of hydrogen-bond donors (Lipinski definition) is 0. The molecule has 0 amide bonds. The second-order valence-corrected chi connectivity index (χ2v) is 3.54. The van der Waals surface area contributed by atoms with Crippen LogP contribution in [0.25, 0.3) is 0 Å². The third-order valence-corrected chi connectivity index (χ3v) is 2.28. The molecule has 0 N–H and O–H groups in total. The maximum atomic E-state index is 11.4. The van der Waals surface area contributed by atoms with Crippen LogP contribution in [-0.2, 0) is 0 Å². The van der Waals surface area contributed by atoms with Gasteiger partial charge < -0.3 is 4.74 Å². The molecule has 0 aliphatic rings. The fraction of sp³-hybridized carbons (Fsp3) is 0.300. The molecule has 13 heavy (non-hydrogen) atoms. The molecule has 0 aromatic heterocycles. The van der Waals surface area contributed by atoms with Gasteiger partial charge in [0.1, 0.15) is 5.75 Å². The van der Waals surface area contributed by atoms with Crippen molar-refractivity contribution in [1.82, 2.24) is 0 Å². The van der Waals surface area contributed by atoms with Crippen LogP contribution in [0.3, 0.4) is 0 Å². The van der Waals surface area contributed by atoms with Gasteiger partial charge in [0.05, 0.1) is 12.7 Å². The third-order valence-electron chi connectivity index (χ3n) is 1.78. The summed E-state index contributed by atoms with van der Waals surface area (Å²) < 4.78 is 5.98. The number of carbonyl (C=O) groups is 1. The molecule has 3 heteroatoms. The molecular formula is C10H11BrO2. The van der Waals surface area contributed by atoms with Gasteiger partial charge in [-0.1, -0.05) is 22.9 Å². The largest absolute Gasteiger partial charge is 0.496 e. The molecule has 0 heterocycles. The van der Waals surface area contributed by atoms with Crippen LogP contribution in [0.4, 0.5) is 0 Å². The Morgan fingerprint density at radius 1 is 1.54 bits per heavy atom. The molecule has 0 saturated heterocycles. The van der Waals surface area contributed by atoms with E-state index in [2.05, 4.69) is 15.9 Å². The van der Waals surface area contributed by atoms with E-state index in [1.807, 2.05) is 13.0 Å². The number of methoxy groups -OCH3 is 1. The van der Waals surface area contributed by atoms with E-state index >= 15 is 0 Å². The van der Waals surface area contributed by atoms with Gasteiger partial charge in [0, 0.05) is 10.9 Å². The lowest BCUT2D eigenvalue weighted by molar-refractivity contribution is 0.0985. The molecular weight excluding hydrogens is 232 g/mol. The second kappa shape index (κ2) is 4.42. The van der Waals surface area contributed by atoms with Crippen LogP contribution in [-0.4, -0.2) is 12.9 Å². The summed E-state index contributed by atoms with van der Waals surface area (Å²) in [6.07, 6.45) is 0.493. The lowest BCUT2D eigenvalue weighted by Crippen LogP contribution is -2.00. The van der Waals surface area contributed by atoms with Gasteiger partial charge in [-0.05, 0) is 18.2 Å². The van der Waals surface area contributed by atoms with E-state index in [1.165, 1.54) is 0 Å². The Balaban J connectivity index is 3.15. The summed E-state index contributed by atoms with van der Waals surface area (Å²) in [5.41, 5.74) is 0.638. The minimum absolute atomic E-state index is 0.0955. The Kier molecular flexibility index (Phi) is 3.48. The zero-order chi connectivity index (χ0) is 9.84. The van der Waals surface area contributed by atoms with Gasteiger partial charge in [-0.3, -0.25) is 4.79 Å². The molecule has 0 fully saturated rings. The molecule has 0 atom stereocenters. The van der Waals surface area contributed by atoms with Crippen LogP contribution in [0, 0.1) is 0 Å². The van der Waals surface area contributed by atoms with E-state index < -0.39 is 0 Å². The van der Waals surface area contributed by atoms with E-state index in [0.29, 0.717) is 17.7 Å². The fourth-order valence-corrected chi connectivity index (χ4v) is 1.45. The number of ether oxygens (including phenoxy) is 1.